The fourth-order valence-corrected chi connectivity index (χ4v) is 3.39. The molecular formula is C18H21ClIN. The third-order valence-electron chi connectivity index (χ3n) is 4.35. The number of nitrogens with zero attached hydrogens (tertiary/aromatic N) is 1. The van der Waals surface area contributed by atoms with Gasteiger partial charge in [0.2, 0.25) is 0 Å². The van der Waals surface area contributed by atoms with Gasteiger partial charge in [0.15, 0.2) is 12.4 Å². The van der Waals surface area contributed by atoms with Gasteiger partial charge in [-0.3, -0.25) is 0 Å². The Kier molecular flexibility index (Phi) is 6.06. The molecule has 0 radical (unpaired) electrons. The van der Waals surface area contributed by atoms with Crippen LogP contribution in [0.25, 0.3) is 0 Å². The standard InChI is InChI=1S/C18H21ClN.HI/c1-20-12-11-18-15(3-2-4-16(18)13-20)8-5-14-6-9-17(19)10-7-14;/h6-7,9-13,15H,2-5,8H2,1H3;1H/q+1;/p-1. The van der Waals surface area contributed by atoms with Crippen LogP contribution < -0.4 is 28.5 Å². The Labute approximate surface area is 149 Å². The SMILES string of the molecule is C[n+]1ccc2c(c1)CCCC2CCc1ccc(Cl)cc1.[I-]. The zero-order valence-electron chi connectivity index (χ0n) is 12.4. The molecule has 0 amide bonds. The van der Waals surface area contributed by atoms with Crippen molar-refractivity contribution in [1.82, 2.24) is 0 Å². The van der Waals surface area contributed by atoms with Crippen molar-refractivity contribution in [3.8, 4) is 0 Å². The molecule has 1 nitrogen and oxygen atoms in total. The molecule has 1 aromatic carbocycles. The van der Waals surface area contributed by atoms with Crippen molar-refractivity contribution in [2.24, 2.45) is 7.05 Å². The Morgan fingerprint density at radius 3 is 2.71 bits per heavy atom. The van der Waals surface area contributed by atoms with Gasteiger partial charge in [-0.25, -0.2) is 4.57 Å². The molecule has 1 aromatic heterocycles. The third-order valence-corrected chi connectivity index (χ3v) is 4.60. The van der Waals surface area contributed by atoms with E-state index in [2.05, 4.69) is 42.2 Å². The first-order chi connectivity index (χ1) is 9.72. The molecule has 0 saturated carbocycles. The number of aryl methyl sites for hydroxylation is 3. The Morgan fingerprint density at radius 2 is 1.95 bits per heavy atom. The second kappa shape index (κ2) is 7.59. The Hall–Kier alpha value is -0.610. The number of rotatable bonds is 3. The molecule has 1 aliphatic rings. The summed E-state index contributed by atoms with van der Waals surface area (Å²) in [6.07, 6.45) is 10.7. The highest BCUT2D eigenvalue weighted by Crippen LogP contribution is 2.34. The summed E-state index contributed by atoms with van der Waals surface area (Å²) >= 11 is 5.94. The first-order valence-electron chi connectivity index (χ1n) is 7.45. The summed E-state index contributed by atoms with van der Waals surface area (Å²) in [4.78, 5) is 0. The maximum Gasteiger partial charge on any atom is 0.171 e. The van der Waals surface area contributed by atoms with Crippen LogP contribution in [-0.4, -0.2) is 0 Å². The summed E-state index contributed by atoms with van der Waals surface area (Å²) in [7, 11) is 2.11. The summed E-state index contributed by atoms with van der Waals surface area (Å²) in [5.74, 6) is 0.718. The first kappa shape index (κ1) is 16.8. The van der Waals surface area contributed by atoms with E-state index in [1.165, 1.54) is 31.2 Å². The molecule has 0 fully saturated rings. The lowest BCUT2D eigenvalue weighted by Crippen LogP contribution is -3.00. The van der Waals surface area contributed by atoms with Crippen molar-refractivity contribution in [2.75, 3.05) is 0 Å². The van der Waals surface area contributed by atoms with E-state index in [0.717, 1.165) is 17.4 Å². The summed E-state index contributed by atoms with van der Waals surface area (Å²) in [5, 5.41) is 0.823. The van der Waals surface area contributed by atoms with Gasteiger partial charge in [-0.1, -0.05) is 23.7 Å². The Balaban J connectivity index is 0.00000161. The maximum absolute atomic E-state index is 5.94. The topological polar surface area (TPSA) is 3.88 Å². The number of fused-ring (bicyclic) bond motifs is 1. The zero-order chi connectivity index (χ0) is 13.9. The van der Waals surface area contributed by atoms with Crippen molar-refractivity contribution < 1.29 is 28.5 Å². The van der Waals surface area contributed by atoms with Gasteiger partial charge in [-0.15, -0.1) is 0 Å². The van der Waals surface area contributed by atoms with Crippen molar-refractivity contribution >= 4 is 11.6 Å². The van der Waals surface area contributed by atoms with Crippen LogP contribution >= 0.6 is 11.6 Å². The van der Waals surface area contributed by atoms with E-state index in [0.29, 0.717) is 0 Å². The van der Waals surface area contributed by atoms with Crippen LogP contribution in [0.3, 0.4) is 0 Å². The first-order valence-corrected chi connectivity index (χ1v) is 7.82. The fraction of sp³-hybridized carbons (Fsp3) is 0.389. The van der Waals surface area contributed by atoms with E-state index in [1.54, 1.807) is 11.1 Å². The van der Waals surface area contributed by atoms with Gasteiger partial charge in [-0.2, -0.15) is 0 Å². The van der Waals surface area contributed by atoms with E-state index < -0.39 is 0 Å². The molecule has 1 aliphatic carbocycles. The van der Waals surface area contributed by atoms with E-state index in [-0.39, 0.29) is 24.0 Å². The highest BCUT2D eigenvalue weighted by molar-refractivity contribution is 6.30. The second-order valence-electron chi connectivity index (χ2n) is 5.85. The van der Waals surface area contributed by atoms with Crippen molar-refractivity contribution in [3.05, 3.63) is 64.4 Å². The van der Waals surface area contributed by atoms with E-state index in [1.807, 2.05) is 12.1 Å². The third kappa shape index (κ3) is 4.19. The predicted molar refractivity (Wildman–Crippen MR) is 83.1 cm³/mol. The summed E-state index contributed by atoms with van der Waals surface area (Å²) < 4.78 is 2.17. The molecule has 0 saturated heterocycles. The summed E-state index contributed by atoms with van der Waals surface area (Å²) in [6.45, 7) is 0. The van der Waals surface area contributed by atoms with Gasteiger partial charge < -0.3 is 24.0 Å². The number of hydrogen-bond donors (Lipinski definition) is 0. The molecule has 3 heteroatoms. The van der Waals surface area contributed by atoms with Crippen molar-refractivity contribution in [3.63, 3.8) is 0 Å². The predicted octanol–water partition coefficient (Wildman–Crippen LogP) is 1.22. The van der Waals surface area contributed by atoms with Gasteiger partial charge in [0.1, 0.15) is 7.05 Å². The monoisotopic (exact) mass is 413 g/mol. The molecule has 3 rings (SSSR count). The molecule has 0 spiro atoms. The lowest BCUT2D eigenvalue weighted by Gasteiger charge is -2.24. The van der Waals surface area contributed by atoms with Crippen molar-refractivity contribution in [2.45, 2.75) is 38.0 Å². The van der Waals surface area contributed by atoms with Crippen molar-refractivity contribution in [1.29, 1.82) is 0 Å². The van der Waals surface area contributed by atoms with E-state index in [9.17, 15) is 0 Å². The minimum Gasteiger partial charge on any atom is -1.00 e. The fourth-order valence-electron chi connectivity index (χ4n) is 3.26. The Morgan fingerprint density at radius 1 is 1.19 bits per heavy atom. The molecule has 112 valence electrons. The van der Waals surface area contributed by atoms with E-state index in [4.69, 9.17) is 11.6 Å². The van der Waals surface area contributed by atoms with Crippen LogP contribution in [0.4, 0.5) is 0 Å². The normalized spacial score (nSPS) is 17.0. The molecule has 2 aromatic rings. The molecule has 0 aliphatic heterocycles. The van der Waals surface area contributed by atoms with Gasteiger partial charge in [-0.05, 0) is 61.3 Å². The van der Waals surface area contributed by atoms with Crippen LogP contribution in [0.5, 0.6) is 0 Å². The summed E-state index contributed by atoms with van der Waals surface area (Å²) in [6, 6.07) is 10.6. The van der Waals surface area contributed by atoms with E-state index >= 15 is 0 Å². The second-order valence-corrected chi connectivity index (χ2v) is 6.28. The molecule has 1 heterocycles. The lowest BCUT2D eigenvalue weighted by molar-refractivity contribution is -0.672. The molecule has 0 bridgehead atoms. The minimum absolute atomic E-state index is 0. The number of pyridine rings is 1. The minimum atomic E-state index is 0. The number of hydrogen-bond acceptors (Lipinski definition) is 0. The molecule has 21 heavy (non-hydrogen) atoms. The van der Waals surface area contributed by atoms with Gasteiger partial charge in [0.25, 0.3) is 0 Å². The highest BCUT2D eigenvalue weighted by atomic mass is 127. The molecule has 1 unspecified atom stereocenters. The zero-order valence-corrected chi connectivity index (χ0v) is 15.3. The Bertz CT molecular complexity index is 595. The van der Waals surface area contributed by atoms with Gasteiger partial charge in [0.05, 0.1) is 0 Å². The number of benzene rings is 1. The largest absolute Gasteiger partial charge is 1.00 e. The molecule has 0 N–H and O–H groups in total. The van der Waals surface area contributed by atoms with Gasteiger partial charge >= 0.3 is 0 Å². The smallest absolute Gasteiger partial charge is 0.171 e. The van der Waals surface area contributed by atoms with Crippen LogP contribution in [0.2, 0.25) is 5.02 Å². The van der Waals surface area contributed by atoms with Crippen LogP contribution in [-0.2, 0) is 19.9 Å². The number of aromatic nitrogens is 1. The quantitative estimate of drug-likeness (QED) is 0.526. The summed E-state index contributed by atoms with van der Waals surface area (Å²) in [5.41, 5.74) is 4.51. The average Bonchev–Trinajstić information content (AvgIpc) is 2.46. The number of halogens is 2. The molecular weight excluding hydrogens is 393 g/mol. The highest BCUT2D eigenvalue weighted by Gasteiger charge is 2.21. The molecule has 1 atom stereocenters. The van der Waals surface area contributed by atoms with Gasteiger partial charge in [0, 0.05) is 16.7 Å². The van der Waals surface area contributed by atoms with Crippen LogP contribution in [0.15, 0.2) is 42.7 Å². The average molecular weight is 414 g/mol. The lowest BCUT2D eigenvalue weighted by atomic mass is 9.81. The maximum atomic E-state index is 5.94. The van der Waals surface area contributed by atoms with Crippen LogP contribution in [0, 0.1) is 0 Å². The van der Waals surface area contributed by atoms with Crippen LogP contribution in [0.1, 0.15) is 41.9 Å².